The number of hydrogen-bond acceptors (Lipinski definition) is 3. The summed E-state index contributed by atoms with van der Waals surface area (Å²) >= 11 is 0. The Kier molecular flexibility index (Phi) is 8.02. The maximum absolute atomic E-state index is 11.8. The van der Waals surface area contributed by atoms with Crippen LogP contribution in [-0.2, 0) is 16.1 Å². The molecule has 1 aromatic carbocycles. The predicted molar refractivity (Wildman–Crippen MR) is 98.7 cm³/mol. The lowest BCUT2D eigenvalue weighted by Crippen LogP contribution is -2.01. The van der Waals surface area contributed by atoms with Crippen molar-refractivity contribution in [2.75, 3.05) is 0 Å². The third-order valence-electron chi connectivity index (χ3n) is 4.09. The first-order valence-corrected chi connectivity index (χ1v) is 8.97. The van der Waals surface area contributed by atoms with Gasteiger partial charge in [-0.25, -0.2) is 4.79 Å². The first-order chi connectivity index (χ1) is 11.8. The van der Waals surface area contributed by atoms with Crippen molar-refractivity contribution in [3.05, 3.63) is 54.2 Å². The fourth-order valence-corrected chi connectivity index (χ4v) is 2.70. The smallest absolute Gasteiger partial charge is 0.330 e. The van der Waals surface area contributed by atoms with E-state index in [1.807, 2.05) is 36.4 Å². The summed E-state index contributed by atoms with van der Waals surface area (Å²) in [6.45, 7) is 2.51. The standard InChI is InChI=1S/C21H27NO2/c1-2-3-4-5-6-7-8-9-14-21(23)24-17-18-15-16-22-20-13-11-10-12-19(18)20/h9-16H,2-8,17H2,1H3/b14-9+. The van der Waals surface area contributed by atoms with Crippen molar-refractivity contribution in [3.63, 3.8) is 0 Å². The summed E-state index contributed by atoms with van der Waals surface area (Å²) in [6, 6.07) is 9.78. The zero-order valence-corrected chi connectivity index (χ0v) is 14.5. The van der Waals surface area contributed by atoms with Crippen LogP contribution in [-0.4, -0.2) is 11.0 Å². The number of nitrogens with zero attached hydrogens (tertiary/aromatic N) is 1. The highest BCUT2D eigenvalue weighted by Gasteiger charge is 2.03. The quantitative estimate of drug-likeness (QED) is 0.325. The van der Waals surface area contributed by atoms with Crippen LogP contribution in [0.2, 0.25) is 0 Å². The van der Waals surface area contributed by atoms with Crippen molar-refractivity contribution in [1.29, 1.82) is 0 Å². The number of allylic oxidation sites excluding steroid dienone is 1. The van der Waals surface area contributed by atoms with Gasteiger partial charge in [-0.2, -0.15) is 0 Å². The molecule has 128 valence electrons. The number of hydrogen-bond donors (Lipinski definition) is 0. The van der Waals surface area contributed by atoms with Crippen LogP contribution in [0.25, 0.3) is 10.9 Å². The summed E-state index contributed by atoms with van der Waals surface area (Å²) < 4.78 is 5.34. The molecule has 2 aromatic rings. The minimum Gasteiger partial charge on any atom is -0.458 e. The number of carbonyl (C=O) groups is 1. The number of unbranched alkanes of at least 4 members (excludes halogenated alkanes) is 6. The molecule has 0 aliphatic carbocycles. The molecular weight excluding hydrogens is 298 g/mol. The monoisotopic (exact) mass is 325 g/mol. The van der Waals surface area contributed by atoms with Gasteiger partial charge < -0.3 is 4.74 Å². The van der Waals surface area contributed by atoms with Gasteiger partial charge in [-0.3, -0.25) is 4.98 Å². The Hall–Kier alpha value is -2.16. The second-order valence-corrected chi connectivity index (χ2v) is 6.05. The molecule has 3 heteroatoms. The van der Waals surface area contributed by atoms with Gasteiger partial charge in [0.1, 0.15) is 6.61 Å². The number of benzene rings is 1. The van der Waals surface area contributed by atoms with E-state index in [2.05, 4.69) is 11.9 Å². The van der Waals surface area contributed by atoms with Gasteiger partial charge in [0.25, 0.3) is 0 Å². The maximum atomic E-state index is 11.8. The first-order valence-electron chi connectivity index (χ1n) is 8.97. The lowest BCUT2D eigenvalue weighted by molar-refractivity contribution is -0.138. The van der Waals surface area contributed by atoms with Crippen LogP contribution in [0.3, 0.4) is 0 Å². The van der Waals surface area contributed by atoms with E-state index in [-0.39, 0.29) is 12.6 Å². The van der Waals surface area contributed by atoms with Crippen molar-refractivity contribution >= 4 is 16.9 Å². The lowest BCUT2D eigenvalue weighted by atomic mass is 10.1. The summed E-state index contributed by atoms with van der Waals surface area (Å²) in [4.78, 5) is 16.1. The van der Waals surface area contributed by atoms with E-state index >= 15 is 0 Å². The van der Waals surface area contributed by atoms with Crippen molar-refractivity contribution in [2.45, 2.75) is 58.5 Å². The summed E-state index contributed by atoms with van der Waals surface area (Å²) in [6.07, 6.45) is 13.8. The SMILES string of the molecule is CCCCCCCC/C=C/C(=O)OCc1ccnc2ccccc12. The summed E-state index contributed by atoms with van der Waals surface area (Å²) in [5.41, 5.74) is 1.91. The third kappa shape index (κ3) is 6.15. The fourth-order valence-electron chi connectivity index (χ4n) is 2.70. The molecule has 0 saturated carbocycles. The van der Waals surface area contributed by atoms with Crippen LogP contribution < -0.4 is 0 Å². The second-order valence-electron chi connectivity index (χ2n) is 6.05. The normalized spacial score (nSPS) is 11.2. The molecule has 0 spiro atoms. The van der Waals surface area contributed by atoms with Crippen molar-refractivity contribution < 1.29 is 9.53 Å². The molecule has 24 heavy (non-hydrogen) atoms. The second kappa shape index (κ2) is 10.6. The van der Waals surface area contributed by atoms with Gasteiger partial charge in [-0.1, -0.05) is 63.3 Å². The van der Waals surface area contributed by atoms with Crippen LogP contribution >= 0.6 is 0 Å². The molecule has 0 atom stereocenters. The zero-order valence-electron chi connectivity index (χ0n) is 14.5. The highest BCUT2D eigenvalue weighted by Crippen LogP contribution is 2.17. The zero-order chi connectivity index (χ0) is 17.0. The average Bonchev–Trinajstić information content (AvgIpc) is 2.62. The summed E-state index contributed by atoms with van der Waals surface area (Å²) in [5, 5.41) is 1.03. The number of para-hydroxylation sites is 1. The summed E-state index contributed by atoms with van der Waals surface area (Å²) in [5.74, 6) is -0.276. The molecule has 0 unspecified atom stereocenters. The fraction of sp³-hybridized carbons (Fsp3) is 0.429. The molecular formula is C21H27NO2. The molecule has 0 bridgehead atoms. The van der Waals surface area contributed by atoms with Gasteiger partial charge in [0, 0.05) is 23.2 Å². The third-order valence-corrected chi connectivity index (χ3v) is 4.09. The van der Waals surface area contributed by atoms with Gasteiger partial charge in [-0.15, -0.1) is 0 Å². The Balaban J connectivity index is 1.70. The molecule has 0 aliphatic rings. The minimum absolute atomic E-state index is 0.276. The highest BCUT2D eigenvalue weighted by molar-refractivity contribution is 5.83. The number of fused-ring (bicyclic) bond motifs is 1. The molecule has 1 heterocycles. The van der Waals surface area contributed by atoms with Crippen LogP contribution in [0.15, 0.2) is 48.7 Å². The van der Waals surface area contributed by atoms with E-state index in [0.717, 1.165) is 29.3 Å². The average molecular weight is 325 g/mol. The van der Waals surface area contributed by atoms with E-state index in [1.54, 1.807) is 12.3 Å². The Morgan fingerprint density at radius 3 is 2.75 bits per heavy atom. The largest absolute Gasteiger partial charge is 0.458 e. The number of pyridine rings is 1. The van der Waals surface area contributed by atoms with Gasteiger partial charge in [0.15, 0.2) is 0 Å². The van der Waals surface area contributed by atoms with Gasteiger partial charge in [0.2, 0.25) is 0 Å². The predicted octanol–water partition coefficient (Wildman–Crippen LogP) is 5.58. The molecule has 0 N–H and O–H groups in total. The number of esters is 1. The highest BCUT2D eigenvalue weighted by atomic mass is 16.5. The van der Waals surface area contributed by atoms with Gasteiger partial charge >= 0.3 is 5.97 Å². The van der Waals surface area contributed by atoms with E-state index in [1.165, 1.54) is 32.1 Å². The van der Waals surface area contributed by atoms with E-state index in [0.29, 0.717) is 0 Å². The molecule has 2 rings (SSSR count). The number of ether oxygens (including phenoxy) is 1. The number of rotatable bonds is 10. The Morgan fingerprint density at radius 1 is 1.08 bits per heavy atom. The van der Waals surface area contributed by atoms with Crippen LogP contribution in [0.5, 0.6) is 0 Å². The molecule has 0 aliphatic heterocycles. The molecule has 0 radical (unpaired) electrons. The van der Waals surface area contributed by atoms with E-state index in [4.69, 9.17) is 4.74 Å². The molecule has 0 amide bonds. The lowest BCUT2D eigenvalue weighted by Gasteiger charge is -2.06. The molecule has 1 aromatic heterocycles. The Morgan fingerprint density at radius 2 is 1.88 bits per heavy atom. The number of carbonyl (C=O) groups excluding carboxylic acids is 1. The van der Waals surface area contributed by atoms with Gasteiger partial charge in [0.05, 0.1) is 5.52 Å². The van der Waals surface area contributed by atoms with Crippen LogP contribution in [0.4, 0.5) is 0 Å². The van der Waals surface area contributed by atoms with Crippen molar-refractivity contribution in [1.82, 2.24) is 4.98 Å². The number of aromatic nitrogens is 1. The maximum Gasteiger partial charge on any atom is 0.330 e. The van der Waals surface area contributed by atoms with E-state index < -0.39 is 0 Å². The molecule has 3 nitrogen and oxygen atoms in total. The Labute approximate surface area is 144 Å². The molecule has 0 saturated heterocycles. The van der Waals surface area contributed by atoms with Crippen molar-refractivity contribution in [2.24, 2.45) is 0 Å². The summed E-state index contributed by atoms with van der Waals surface area (Å²) in [7, 11) is 0. The molecule has 0 fully saturated rings. The Bertz CT molecular complexity index is 658. The van der Waals surface area contributed by atoms with Crippen LogP contribution in [0.1, 0.15) is 57.4 Å². The van der Waals surface area contributed by atoms with Crippen molar-refractivity contribution in [3.8, 4) is 0 Å². The first kappa shape index (κ1) is 18.2. The van der Waals surface area contributed by atoms with Crippen LogP contribution in [0, 0.1) is 0 Å². The minimum atomic E-state index is -0.276. The topological polar surface area (TPSA) is 39.2 Å². The van der Waals surface area contributed by atoms with Gasteiger partial charge in [-0.05, 0) is 25.0 Å². The van der Waals surface area contributed by atoms with E-state index in [9.17, 15) is 4.79 Å².